The van der Waals surface area contributed by atoms with Crippen molar-refractivity contribution in [3.63, 3.8) is 0 Å². The van der Waals surface area contributed by atoms with Gasteiger partial charge in [-0.05, 0) is 64.8 Å². The maximum Gasteiger partial charge on any atom is 0.191 e. The Labute approximate surface area is 187 Å². The van der Waals surface area contributed by atoms with Crippen molar-refractivity contribution in [2.24, 2.45) is 10.9 Å². The van der Waals surface area contributed by atoms with Crippen LogP contribution in [-0.2, 0) is 17.7 Å². The number of piperidine rings is 1. The molecule has 7 heteroatoms. The van der Waals surface area contributed by atoms with Crippen LogP contribution in [0.5, 0.6) is 11.5 Å². The average Bonchev–Trinajstić information content (AvgIpc) is 3.13. The highest BCUT2D eigenvalue weighted by atomic mass is 16.5. The van der Waals surface area contributed by atoms with Gasteiger partial charge in [-0.3, -0.25) is 0 Å². The molecule has 2 heterocycles. The summed E-state index contributed by atoms with van der Waals surface area (Å²) < 4.78 is 17.1. The SMILES string of the molecule is CCNC(=NCc1cc2c(cc1OCC)CC(C)O2)NCC1CCN(CCOC)CC1. The van der Waals surface area contributed by atoms with E-state index in [1.165, 1.54) is 18.4 Å². The molecule has 7 nitrogen and oxygen atoms in total. The van der Waals surface area contributed by atoms with E-state index < -0.39 is 0 Å². The lowest BCUT2D eigenvalue weighted by atomic mass is 9.97. The summed E-state index contributed by atoms with van der Waals surface area (Å²) in [7, 11) is 1.77. The van der Waals surface area contributed by atoms with Crippen molar-refractivity contribution >= 4 is 5.96 Å². The van der Waals surface area contributed by atoms with Crippen molar-refractivity contribution in [1.29, 1.82) is 0 Å². The number of fused-ring (bicyclic) bond motifs is 1. The molecular weight excluding hydrogens is 392 g/mol. The van der Waals surface area contributed by atoms with Gasteiger partial charge in [0.05, 0.1) is 19.8 Å². The molecule has 3 rings (SSSR count). The monoisotopic (exact) mass is 432 g/mol. The van der Waals surface area contributed by atoms with Crippen molar-refractivity contribution in [2.45, 2.75) is 52.7 Å². The van der Waals surface area contributed by atoms with E-state index in [9.17, 15) is 0 Å². The van der Waals surface area contributed by atoms with Gasteiger partial charge in [0.15, 0.2) is 5.96 Å². The topological polar surface area (TPSA) is 67.4 Å². The number of likely N-dealkylation sites (tertiary alicyclic amines) is 1. The maximum atomic E-state index is 5.95. The zero-order chi connectivity index (χ0) is 22.1. The molecule has 0 aliphatic carbocycles. The van der Waals surface area contributed by atoms with Crippen LogP contribution >= 0.6 is 0 Å². The molecule has 2 aliphatic rings. The fourth-order valence-electron chi connectivity index (χ4n) is 4.28. The van der Waals surface area contributed by atoms with Crippen LogP contribution in [0.15, 0.2) is 17.1 Å². The average molecular weight is 433 g/mol. The number of benzene rings is 1. The van der Waals surface area contributed by atoms with Crippen molar-refractivity contribution in [1.82, 2.24) is 15.5 Å². The lowest BCUT2D eigenvalue weighted by Crippen LogP contribution is -2.43. The second kappa shape index (κ2) is 12.2. The van der Waals surface area contributed by atoms with E-state index in [1.807, 2.05) is 6.92 Å². The number of aliphatic imine (C=N–C) groups is 1. The van der Waals surface area contributed by atoms with E-state index in [1.54, 1.807) is 7.11 Å². The number of nitrogens with zero attached hydrogens (tertiary/aromatic N) is 2. The maximum absolute atomic E-state index is 5.95. The number of guanidine groups is 1. The van der Waals surface area contributed by atoms with E-state index >= 15 is 0 Å². The summed E-state index contributed by atoms with van der Waals surface area (Å²) in [6.45, 7) is 13.4. The molecule has 31 heavy (non-hydrogen) atoms. The zero-order valence-corrected chi connectivity index (χ0v) is 19.7. The van der Waals surface area contributed by atoms with Gasteiger partial charge in [-0.2, -0.15) is 0 Å². The number of hydrogen-bond acceptors (Lipinski definition) is 5. The molecule has 0 bridgehead atoms. The van der Waals surface area contributed by atoms with Gasteiger partial charge in [0.25, 0.3) is 0 Å². The van der Waals surface area contributed by atoms with Crippen LogP contribution in [0.1, 0.15) is 44.7 Å². The molecule has 0 radical (unpaired) electrons. The summed E-state index contributed by atoms with van der Waals surface area (Å²) >= 11 is 0. The molecule has 1 aromatic carbocycles. The fourth-order valence-corrected chi connectivity index (χ4v) is 4.28. The fraction of sp³-hybridized carbons (Fsp3) is 0.708. The Balaban J connectivity index is 1.57. The second-order valence-corrected chi connectivity index (χ2v) is 8.49. The van der Waals surface area contributed by atoms with Crippen molar-refractivity contribution in [3.8, 4) is 11.5 Å². The Hall–Kier alpha value is -1.99. The zero-order valence-electron chi connectivity index (χ0n) is 19.7. The molecule has 0 spiro atoms. The van der Waals surface area contributed by atoms with E-state index in [2.05, 4.69) is 41.5 Å². The van der Waals surface area contributed by atoms with Crippen molar-refractivity contribution < 1.29 is 14.2 Å². The van der Waals surface area contributed by atoms with Crippen LogP contribution < -0.4 is 20.1 Å². The third-order valence-electron chi connectivity index (χ3n) is 6.01. The third-order valence-corrected chi connectivity index (χ3v) is 6.01. The van der Waals surface area contributed by atoms with Crippen LogP contribution in [0.25, 0.3) is 0 Å². The molecule has 0 saturated carbocycles. The quantitative estimate of drug-likeness (QED) is 0.438. The first-order chi connectivity index (χ1) is 15.1. The highest BCUT2D eigenvalue weighted by molar-refractivity contribution is 5.79. The largest absolute Gasteiger partial charge is 0.494 e. The van der Waals surface area contributed by atoms with Crippen LogP contribution in [0.4, 0.5) is 0 Å². The molecule has 1 unspecified atom stereocenters. The summed E-state index contributed by atoms with van der Waals surface area (Å²) in [5.41, 5.74) is 2.30. The Bertz CT molecular complexity index is 717. The number of rotatable bonds is 10. The molecule has 0 aromatic heterocycles. The Morgan fingerprint density at radius 3 is 2.74 bits per heavy atom. The Kier molecular flexibility index (Phi) is 9.28. The molecule has 2 aliphatic heterocycles. The number of hydrogen-bond donors (Lipinski definition) is 2. The smallest absolute Gasteiger partial charge is 0.191 e. The van der Waals surface area contributed by atoms with Gasteiger partial charge in [0, 0.05) is 44.3 Å². The second-order valence-electron chi connectivity index (χ2n) is 8.49. The Morgan fingerprint density at radius 2 is 2.03 bits per heavy atom. The van der Waals surface area contributed by atoms with Gasteiger partial charge >= 0.3 is 0 Å². The Morgan fingerprint density at radius 1 is 1.23 bits per heavy atom. The molecule has 1 aromatic rings. The number of methoxy groups -OCH3 is 1. The van der Waals surface area contributed by atoms with E-state index in [0.29, 0.717) is 19.1 Å². The minimum atomic E-state index is 0.225. The summed E-state index contributed by atoms with van der Waals surface area (Å²) in [6.07, 6.45) is 3.59. The van der Waals surface area contributed by atoms with E-state index in [-0.39, 0.29) is 6.10 Å². The molecule has 174 valence electrons. The lowest BCUT2D eigenvalue weighted by molar-refractivity contribution is 0.121. The molecule has 1 atom stereocenters. The highest BCUT2D eigenvalue weighted by Crippen LogP contribution is 2.35. The molecule has 0 amide bonds. The minimum Gasteiger partial charge on any atom is -0.494 e. The first-order valence-corrected chi connectivity index (χ1v) is 11.8. The van der Waals surface area contributed by atoms with Crippen LogP contribution in [0, 0.1) is 5.92 Å². The van der Waals surface area contributed by atoms with Gasteiger partial charge in [0.2, 0.25) is 0 Å². The van der Waals surface area contributed by atoms with Gasteiger partial charge in [-0.1, -0.05) is 0 Å². The normalized spacial score (nSPS) is 19.7. The van der Waals surface area contributed by atoms with Gasteiger partial charge in [-0.15, -0.1) is 0 Å². The van der Waals surface area contributed by atoms with Crippen LogP contribution in [-0.4, -0.2) is 70.0 Å². The standard InChI is InChI=1S/C24H40N4O3/c1-5-25-24(26-16-19-7-9-28(10-8-19)11-12-29-4)27-17-21-15-23-20(13-18(3)31-23)14-22(21)30-6-2/h14-15,18-19H,5-13,16-17H2,1-4H3,(H2,25,26,27). The van der Waals surface area contributed by atoms with Gasteiger partial charge in [-0.25, -0.2) is 4.99 Å². The van der Waals surface area contributed by atoms with Gasteiger partial charge < -0.3 is 29.7 Å². The lowest BCUT2D eigenvalue weighted by Gasteiger charge is -2.32. The minimum absolute atomic E-state index is 0.225. The first-order valence-electron chi connectivity index (χ1n) is 11.8. The van der Waals surface area contributed by atoms with Crippen LogP contribution in [0.3, 0.4) is 0 Å². The predicted octanol–water partition coefficient (Wildman–Crippen LogP) is 2.82. The van der Waals surface area contributed by atoms with E-state index in [0.717, 1.165) is 68.8 Å². The van der Waals surface area contributed by atoms with Crippen molar-refractivity contribution in [2.75, 3.05) is 53.0 Å². The summed E-state index contributed by atoms with van der Waals surface area (Å²) in [4.78, 5) is 7.33. The van der Waals surface area contributed by atoms with Crippen LogP contribution in [0.2, 0.25) is 0 Å². The molecule has 1 saturated heterocycles. The first kappa shape index (κ1) is 23.7. The predicted molar refractivity (Wildman–Crippen MR) is 125 cm³/mol. The highest BCUT2D eigenvalue weighted by Gasteiger charge is 2.22. The van der Waals surface area contributed by atoms with Crippen molar-refractivity contribution in [3.05, 3.63) is 23.3 Å². The molecule has 1 fully saturated rings. The number of ether oxygens (including phenoxy) is 3. The number of nitrogens with one attached hydrogen (secondary N) is 2. The third kappa shape index (κ3) is 7.01. The molecule has 2 N–H and O–H groups in total. The van der Waals surface area contributed by atoms with E-state index in [4.69, 9.17) is 19.2 Å². The van der Waals surface area contributed by atoms with Gasteiger partial charge in [0.1, 0.15) is 17.6 Å². The summed E-state index contributed by atoms with van der Waals surface area (Å²) in [5.74, 6) is 3.43. The molecular formula is C24H40N4O3. The summed E-state index contributed by atoms with van der Waals surface area (Å²) in [5, 5.41) is 6.93. The summed E-state index contributed by atoms with van der Waals surface area (Å²) in [6, 6.07) is 4.23.